The fourth-order valence-electron chi connectivity index (χ4n) is 2.98. The normalized spacial score (nSPS) is 15.6. The molecule has 7 heteroatoms. The Kier molecular flexibility index (Phi) is 5.04. The third-order valence-corrected chi connectivity index (χ3v) is 4.32. The predicted octanol–water partition coefficient (Wildman–Crippen LogP) is 1.49. The van der Waals surface area contributed by atoms with Crippen LogP contribution in [0, 0.1) is 13.8 Å². The van der Waals surface area contributed by atoms with Crippen LogP contribution in [-0.2, 0) is 11.2 Å². The van der Waals surface area contributed by atoms with E-state index in [-0.39, 0.29) is 5.91 Å². The SMILES string of the molecule is CCNCCc1c(C)[nH]c(/C=C2/C(=O)NN=C2c2cncnc2)c1C. The standard InChI is InChI=1S/C18H22N6O/c1-4-19-6-5-14-11(2)16(22-12(14)3)7-15-17(23-24-18(15)25)13-8-20-10-21-9-13/h7-10,19,22H,4-6H2,1-3H3,(H,24,25)/b15-7+. The summed E-state index contributed by atoms with van der Waals surface area (Å²) in [5.41, 5.74) is 8.81. The number of likely N-dealkylation sites (N-methyl/N-ethyl adjacent to an activating group) is 1. The highest BCUT2D eigenvalue weighted by molar-refractivity contribution is 6.33. The Balaban J connectivity index is 1.93. The van der Waals surface area contributed by atoms with Gasteiger partial charge >= 0.3 is 0 Å². The van der Waals surface area contributed by atoms with Gasteiger partial charge in [-0.3, -0.25) is 4.79 Å². The highest BCUT2D eigenvalue weighted by Gasteiger charge is 2.25. The molecule has 7 nitrogen and oxygen atoms in total. The molecule has 0 bridgehead atoms. The number of aromatic amines is 1. The summed E-state index contributed by atoms with van der Waals surface area (Å²) < 4.78 is 0. The van der Waals surface area contributed by atoms with E-state index < -0.39 is 0 Å². The van der Waals surface area contributed by atoms with Crippen LogP contribution in [0.2, 0.25) is 0 Å². The number of amides is 1. The molecule has 2 aromatic heterocycles. The van der Waals surface area contributed by atoms with Gasteiger partial charge in [-0.25, -0.2) is 15.4 Å². The lowest BCUT2D eigenvalue weighted by molar-refractivity contribution is -0.116. The molecule has 0 unspecified atom stereocenters. The van der Waals surface area contributed by atoms with Crippen molar-refractivity contribution in [3.8, 4) is 0 Å². The number of aromatic nitrogens is 3. The zero-order valence-corrected chi connectivity index (χ0v) is 14.7. The van der Waals surface area contributed by atoms with Crippen molar-refractivity contribution in [2.75, 3.05) is 13.1 Å². The van der Waals surface area contributed by atoms with Gasteiger partial charge in [-0.15, -0.1) is 0 Å². The number of carbonyl (C=O) groups is 1. The van der Waals surface area contributed by atoms with E-state index >= 15 is 0 Å². The fraction of sp³-hybridized carbons (Fsp3) is 0.333. The van der Waals surface area contributed by atoms with Gasteiger partial charge in [-0.2, -0.15) is 5.10 Å². The molecule has 1 amide bonds. The lowest BCUT2D eigenvalue weighted by Crippen LogP contribution is -2.16. The second kappa shape index (κ2) is 7.40. The molecule has 0 aromatic carbocycles. The monoisotopic (exact) mass is 338 g/mol. The maximum Gasteiger partial charge on any atom is 0.273 e. The van der Waals surface area contributed by atoms with Crippen LogP contribution in [0.5, 0.6) is 0 Å². The number of carbonyl (C=O) groups excluding carboxylic acids is 1. The summed E-state index contributed by atoms with van der Waals surface area (Å²) in [5, 5.41) is 7.47. The van der Waals surface area contributed by atoms with E-state index in [4.69, 9.17) is 0 Å². The number of hydrazone groups is 1. The van der Waals surface area contributed by atoms with Gasteiger partial charge in [0.25, 0.3) is 5.91 Å². The van der Waals surface area contributed by atoms with Gasteiger partial charge in [0.2, 0.25) is 0 Å². The van der Waals surface area contributed by atoms with E-state index in [9.17, 15) is 4.79 Å². The Hall–Kier alpha value is -2.80. The highest BCUT2D eigenvalue weighted by Crippen LogP contribution is 2.23. The first-order valence-electron chi connectivity index (χ1n) is 8.36. The second-order valence-electron chi connectivity index (χ2n) is 5.96. The van der Waals surface area contributed by atoms with E-state index in [0.717, 1.165) is 36.5 Å². The summed E-state index contributed by atoms with van der Waals surface area (Å²) in [5.74, 6) is -0.222. The van der Waals surface area contributed by atoms with Crippen LogP contribution in [0.15, 0.2) is 29.4 Å². The van der Waals surface area contributed by atoms with Crippen molar-refractivity contribution in [3.05, 3.63) is 52.4 Å². The molecule has 0 saturated carbocycles. The summed E-state index contributed by atoms with van der Waals surface area (Å²) >= 11 is 0. The van der Waals surface area contributed by atoms with Crippen molar-refractivity contribution >= 4 is 17.7 Å². The first-order chi connectivity index (χ1) is 12.1. The third kappa shape index (κ3) is 3.51. The van der Waals surface area contributed by atoms with Gasteiger partial charge in [-0.05, 0) is 50.6 Å². The van der Waals surface area contributed by atoms with Crippen molar-refractivity contribution in [2.45, 2.75) is 27.2 Å². The average Bonchev–Trinajstić information content (AvgIpc) is 3.11. The summed E-state index contributed by atoms with van der Waals surface area (Å²) in [6.07, 6.45) is 7.55. The molecule has 2 aromatic rings. The Labute approximate surface area is 146 Å². The largest absolute Gasteiger partial charge is 0.359 e. The summed E-state index contributed by atoms with van der Waals surface area (Å²) in [7, 11) is 0. The fourth-order valence-corrected chi connectivity index (χ4v) is 2.98. The average molecular weight is 338 g/mol. The zero-order chi connectivity index (χ0) is 17.8. The first kappa shape index (κ1) is 17.0. The second-order valence-corrected chi connectivity index (χ2v) is 5.96. The van der Waals surface area contributed by atoms with Gasteiger partial charge in [0.05, 0.1) is 5.57 Å². The Morgan fingerprint density at radius 1 is 1.24 bits per heavy atom. The minimum atomic E-state index is -0.222. The molecule has 25 heavy (non-hydrogen) atoms. The maximum absolute atomic E-state index is 12.2. The number of rotatable bonds is 6. The van der Waals surface area contributed by atoms with Crippen molar-refractivity contribution in [3.63, 3.8) is 0 Å². The molecule has 3 heterocycles. The van der Waals surface area contributed by atoms with E-state index in [2.05, 4.69) is 51.6 Å². The lowest BCUT2D eigenvalue weighted by atomic mass is 10.0. The smallest absolute Gasteiger partial charge is 0.273 e. The minimum absolute atomic E-state index is 0.222. The molecule has 0 aliphatic carbocycles. The first-order valence-corrected chi connectivity index (χ1v) is 8.36. The van der Waals surface area contributed by atoms with Crippen molar-refractivity contribution in [1.29, 1.82) is 0 Å². The number of hydrogen-bond acceptors (Lipinski definition) is 5. The van der Waals surface area contributed by atoms with Gasteiger partial charge in [0, 0.05) is 29.3 Å². The number of aryl methyl sites for hydroxylation is 1. The van der Waals surface area contributed by atoms with Gasteiger partial charge in [0.15, 0.2) is 0 Å². The summed E-state index contributed by atoms with van der Waals surface area (Å²) in [6, 6.07) is 0. The number of nitrogens with one attached hydrogen (secondary N) is 3. The molecular formula is C18H22N6O. The highest BCUT2D eigenvalue weighted by atomic mass is 16.2. The molecule has 1 aliphatic rings. The van der Waals surface area contributed by atoms with Crippen molar-refractivity contribution < 1.29 is 4.79 Å². The van der Waals surface area contributed by atoms with Crippen LogP contribution in [0.1, 0.15) is 35.0 Å². The third-order valence-electron chi connectivity index (χ3n) is 4.32. The number of nitrogens with zero attached hydrogens (tertiary/aromatic N) is 3. The van der Waals surface area contributed by atoms with Crippen molar-refractivity contribution in [1.82, 2.24) is 25.7 Å². The Morgan fingerprint density at radius 3 is 2.72 bits per heavy atom. The van der Waals surface area contributed by atoms with E-state index in [1.807, 2.05) is 6.08 Å². The van der Waals surface area contributed by atoms with Gasteiger partial charge in [-0.1, -0.05) is 6.92 Å². The van der Waals surface area contributed by atoms with Crippen LogP contribution in [0.25, 0.3) is 6.08 Å². The molecule has 0 saturated heterocycles. The van der Waals surface area contributed by atoms with Crippen LogP contribution >= 0.6 is 0 Å². The van der Waals surface area contributed by atoms with Gasteiger partial charge < -0.3 is 10.3 Å². The molecule has 1 aliphatic heterocycles. The van der Waals surface area contributed by atoms with Crippen LogP contribution in [0.4, 0.5) is 0 Å². The molecule has 130 valence electrons. The predicted molar refractivity (Wildman–Crippen MR) is 97.2 cm³/mol. The quantitative estimate of drug-likeness (QED) is 0.549. The van der Waals surface area contributed by atoms with E-state index in [1.165, 1.54) is 11.9 Å². The van der Waals surface area contributed by atoms with Crippen molar-refractivity contribution in [2.24, 2.45) is 5.10 Å². The summed E-state index contributed by atoms with van der Waals surface area (Å²) in [6.45, 7) is 8.12. The summed E-state index contributed by atoms with van der Waals surface area (Å²) in [4.78, 5) is 23.6. The number of hydrogen-bond donors (Lipinski definition) is 3. The van der Waals surface area contributed by atoms with E-state index in [1.54, 1.807) is 12.4 Å². The Morgan fingerprint density at radius 2 is 2.00 bits per heavy atom. The molecule has 3 N–H and O–H groups in total. The zero-order valence-electron chi connectivity index (χ0n) is 14.7. The number of H-pyrrole nitrogens is 1. The molecule has 0 fully saturated rings. The molecule has 0 atom stereocenters. The van der Waals surface area contributed by atoms with Crippen LogP contribution < -0.4 is 10.7 Å². The molecule has 0 radical (unpaired) electrons. The lowest BCUT2D eigenvalue weighted by Gasteiger charge is -2.03. The maximum atomic E-state index is 12.2. The molecular weight excluding hydrogens is 316 g/mol. The minimum Gasteiger partial charge on any atom is -0.359 e. The van der Waals surface area contributed by atoms with Crippen LogP contribution in [-0.4, -0.2) is 39.7 Å². The Bertz CT molecular complexity index is 835. The topological polar surface area (TPSA) is 95.1 Å². The molecule has 0 spiro atoms. The molecule has 3 rings (SSSR count). The van der Waals surface area contributed by atoms with E-state index in [0.29, 0.717) is 16.8 Å². The van der Waals surface area contributed by atoms with Crippen LogP contribution in [0.3, 0.4) is 0 Å². The van der Waals surface area contributed by atoms with Gasteiger partial charge in [0.1, 0.15) is 12.0 Å².